The molecule has 0 spiro atoms. The molecule has 15 aromatic rings. The fourth-order valence-corrected chi connectivity index (χ4v) is 18.9. The molecule has 122 heavy (non-hydrogen) atoms. The number of nitro benzene ring substituents is 3. The summed E-state index contributed by atoms with van der Waals surface area (Å²) in [6.07, 6.45) is 1.96. The van der Waals surface area contributed by atoms with Gasteiger partial charge in [0.25, 0.3) is 17.1 Å². The lowest BCUT2D eigenvalue weighted by Crippen LogP contribution is -2.38. The Balaban J connectivity index is 0.000000171. The number of carbonyl (C=O) groups is 3. The molecule has 0 saturated carbocycles. The van der Waals surface area contributed by atoms with E-state index >= 15 is 0 Å². The van der Waals surface area contributed by atoms with Crippen LogP contribution >= 0.6 is 108 Å². The van der Waals surface area contributed by atoms with Crippen molar-refractivity contribution in [3.05, 3.63) is 372 Å². The fraction of sp³-hybridized carbons (Fsp3) is 0.131. The van der Waals surface area contributed by atoms with E-state index in [0.29, 0.717) is 45.3 Å². The standard InChI is InChI=1S/C23H22N4O4S3.2C23H20N4O3S2.C15H13N3O2S2.BrH.H3N/c28-23(24-14-17-5-2-1-3-6-17)26-19(20-15-33-22(25-20)21-7-4-12-32-21)13-16-8-10-18(11-9-16)27-34(29,30)31;2*28-23(24-14-17-5-2-1-3-6-17)26-19(13-16-8-10-18(11-9-16)27(29)30)20-15-32-22(25-20)21-7-4-12-31-21;16-12(8-10-3-5-11(6-4-10)18(19)20)13-9-22-15(17-13)14-2-1-7-21-14;;/h1-12,15,19,27H,13-14H2,(H2,24,26,28)(H,29,30,31);2*1-12,15,19H,13-14H2,(H2,24,26,28);1-7,9,12H,8,16H2;1H;1H3/t3*19-;12-;;/m0000../s1. The second kappa shape index (κ2) is 46.1. The Labute approximate surface area is 743 Å². The maximum Gasteiger partial charge on any atom is 0.315 e. The number of anilines is 1. The summed E-state index contributed by atoms with van der Waals surface area (Å²) in [5.74, 6) is 0. The molecule has 15 rings (SSSR count). The lowest BCUT2D eigenvalue weighted by Gasteiger charge is -2.18. The molecule has 0 unspecified atom stereocenters. The quantitative estimate of drug-likeness (QED) is 0.0115. The smallest absolute Gasteiger partial charge is 0.315 e. The van der Waals surface area contributed by atoms with E-state index in [1.807, 2.05) is 187 Å². The first-order chi connectivity index (χ1) is 58.1. The van der Waals surface area contributed by atoms with Crippen LogP contribution in [0, 0.1) is 30.3 Å². The van der Waals surface area contributed by atoms with Crippen LogP contribution in [0.25, 0.3) is 39.5 Å². The van der Waals surface area contributed by atoms with Crippen molar-refractivity contribution in [3.8, 4) is 39.5 Å². The van der Waals surface area contributed by atoms with Crippen LogP contribution in [0.3, 0.4) is 0 Å². The van der Waals surface area contributed by atoms with Gasteiger partial charge in [0.1, 0.15) is 20.0 Å². The summed E-state index contributed by atoms with van der Waals surface area (Å²) in [7, 11) is -4.59. The molecule has 628 valence electrons. The van der Waals surface area contributed by atoms with Crippen LogP contribution in [0.4, 0.5) is 37.1 Å². The molecule has 0 aliphatic heterocycles. The van der Waals surface area contributed by atoms with Crippen LogP contribution in [-0.4, -0.2) is 65.8 Å². The van der Waals surface area contributed by atoms with Gasteiger partial charge in [-0.05, 0) is 123 Å². The van der Waals surface area contributed by atoms with Crippen molar-refractivity contribution in [1.82, 2.24) is 58.0 Å². The van der Waals surface area contributed by atoms with Gasteiger partial charge in [0.05, 0.1) is 81.2 Å². The van der Waals surface area contributed by atoms with E-state index < -0.39 is 31.1 Å². The lowest BCUT2D eigenvalue weighted by molar-refractivity contribution is -0.385. The summed E-state index contributed by atoms with van der Waals surface area (Å²) < 4.78 is 34.6. The number of hydrogen-bond acceptors (Lipinski definition) is 25. The molecule has 6 amide bonds. The van der Waals surface area contributed by atoms with E-state index in [-0.39, 0.29) is 82.1 Å². The van der Waals surface area contributed by atoms with E-state index in [1.54, 1.807) is 105 Å². The minimum absolute atomic E-state index is 0. The highest BCUT2D eigenvalue weighted by atomic mass is 79.9. The maximum atomic E-state index is 12.7. The highest BCUT2D eigenvalue weighted by molar-refractivity contribution is 8.93. The predicted octanol–water partition coefficient (Wildman–Crippen LogP) is 20.6. The highest BCUT2D eigenvalue weighted by Gasteiger charge is 2.25. The first-order valence-electron chi connectivity index (χ1n) is 36.7. The van der Waals surface area contributed by atoms with Crippen molar-refractivity contribution in [2.75, 3.05) is 4.72 Å². The summed E-state index contributed by atoms with van der Waals surface area (Å²) in [5.41, 5.74) is 16.2. The van der Waals surface area contributed by atoms with Gasteiger partial charge in [0.15, 0.2) is 10.3 Å². The van der Waals surface area contributed by atoms with Gasteiger partial charge in [-0.1, -0.05) is 164 Å². The number of non-ortho nitro benzene ring substituents is 3. The van der Waals surface area contributed by atoms with Gasteiger partial charge in [-0.3, -0.25) is 35.1 Å². The number of nitrogens with one attached hydrogen (secondary N) is 7. The number of nitrogens with zero attached hydrogens (tertiary/aromatic N) is 7. The topological polar surface area (TPSA) is 436 Å². The van der Waals surface area contributed by atoms with Gasteiger partial charge in [0, 0.05) is 83.2 Å². The highest BCUT2D eigenvalue weighted by Crippen LogP contribution is 2.36. The first-order valence-corrected chi connectivity index (χ1v) is 45.1. The monoisotopic (exact) mass is 1870 g/mol. The van der Waals surface area contributed by atoms with Crippen molar-refractivity contribution in [2.45, 2.75) is 69.5 Å². The zero-order chi connectivity index (χ0) is 84.2. The van der Waals surface area contributed by atoms with Crippen molar-refractivity contribution in [3.63, 3.8) is 0 Å². The molecule has 0 aliphatic rings. The molecule has 0 aliphatic carbocycles. The minimum atomic E-state index is -4.59. The van der Waals surface area contributed by atoms with Crippen LogP contribution in [0.5, 0.6) is 0 Å². The Morgan fingerprint density at radius 1 is 0.352 bits per heavy atom. The third kappa shape index (κ3) is 28.6. The summed E-state index contributed by atoms with van der Waals surface area (Å²) in [5, 5.41) is 69.6. The Morgan fingerprint density at radius 3 is 0.877 bits per heavy atom. The molecule has 0 bridgehead atoms. The van der Waals surface area contributed by atoms with E-state index in [0.717, 1.165) is 101 Å². The Morgan fingerprint density at radius 2 is 0.615 bits per heavy atom. The summed E-state index contributed by atoms with van der Waals surface area (Å²) >= 11 is 12.6. The van der Waals surface area contributed by atoms with Crippen molar-refractivity contribution in [1.29, 1.82) is 0 Å². The third-order valence-corrected chi connectivity index (χ3v) is 25.8. The molecule has 4 atom stereocenters. The average molecular weight is 1870 g/mol. The van der Waals surface area contributed by atoms with Crippen LogP contribution in [0.15, 0.2) is 280 Å². The number of urea groups is 3. The number of nitrogens with two attached hydrogens (primary N) is 1. The van der Waals surface area contributed by atoms with E-state index in [9.17, 15) is 57.7 Å². The predicted molar refractivity (Wildman–Crippen MR) is 492 cm³/mol. The molecular weight excluding hydrogens is 1790 g/mol. The molecule has 7 aromatic carbocycles. The Kier molecular flexibility index (Phi) is 34.9. The number of rotatable bonds is 30. The van der Waals surface area contributed by atoms with Gasteiger partial charge in [-0.2, -0.15) is 0 Å². The third-order valence-electron chi connectivity index (χ3n) is 17.7. The zero-order valence-corrected chi connectivity index (χ0v) is 73.6. The number of hydrogen-bond donors (Lipinski definition) is 9. The van der Waals surface area contributed by atoms with Gasteiger partial charge >= 0.3 is 18.1 Å². The van der Waals surface area contributed by atoms with E-state index in [2.05, 4.69) is 36.9 Å². The Hall–Kier alpha value is -12.0. The number of quaternary nitrogens is 1. The van der Waals surface area contributed by atoms with Crippen LogP contribution < -0.4 is 48.5 Å². The molecule has 0 saturated heterocycles. The number of thiophene rings is 4. The molecular formula is C84H79BrN16O12S9. The van der Waals surface area contributed by atoms with Crippen LogP contribution in [0.1, 0.15) is 85.9 Å². The molecule has 38 heteroatoms. The minimum Gasteiger partial charge on any atom is -0.731 e. The molecule has 13 N–H and O–H groups in total. The normalized spacial score (nSPS) is 11.7. The summed E-state index contributed by atoms with van der Waals surface area (Å²) in [4.78, 5) is 92.4. The van der Waals surface area contributed by atoms with Gasteiger partial charge in [-0.25, -0.2) is 42.7 Å². The van der Waals surface area contributed by atoms with Gasteiger partial charge in [0.2, 0.25) is 0 Å². The van der Waals surface area contributed by atoms with Crippen molar-refractivity contribution < 1.29 is 42.1 Å². The maximum absolute atomic E-state index is 12.7. The van der Waals surface area contributed by atoms with Gasteiger partial charge < -0.3 is 48.3 Å². The van der Waals surface area contributed by atoms with Crippen LogP contribution in [0.2, 0.25) is 0 Å². The molecule has 0 radical (unpaired) electrons. The van der Waals surface area contributed by atoms with E-state index in [1.165, 1.54) is 82.5 Å². The first kappa shape index (κ1) is 92.3. The Bertz CT molecular complexity index is 5690. The lowest BCUT2D eigenvalue weighted by atomic mass is 10.0. The second-order valence-electron chi connectivity index (χ2n) is 26.3. The summed E-state index contributed by atoms with van der Waals surface area (Å²) in [6, 6.07) is 68.3. The second-order valence-corrected chi connectivity index (χ2v) is 34.6. The summed E-state index contributed by atoms with van der Waals surface area (Å²) in [6.45, 7) is 1.21. The van der Waals surface area contributed by atoms with Gasteiger partial charge in [-0.15, -0.1) is 108 Å². The number of carbonyl (C=O) groups excluding carboxylic acids is 3. The molecule has 8 aromatic heterocycles. The van der Waals surface area contributed by atoms with Crippen molar-refractivity contribution >= 4 is 159 Å². The number of aromatic nitrogens is 4. The van der Waals surface area contributed by atoms with Crippen LogP contribution in [-0.2, 0) is 55.6 Å². The number of benzene rings is 7. The van der Waals surface area contributed by atoms with E-state index in [4.69, 9.17) is 20.7 Å². The SMILES string of the molecule is Br.N[C@@H](Cc1ccc([N+](=O)[O-])cc1)c1csc(-c2cccs2)n1.O=C(NCc1ccccc1)N[C@@H](Cc1ccc(NS(=O)(=O)[O-])cc1)c1csc(-c2cccs2)n1.O=C(NCc1ccccc1)N[C@@H](Cc1ccc([N+](=O)[O-])cc1)c1csc(-c2cccs2)n1.O=C(NCc1ccccc1)N[C@@H](Cc1ccc([N+](=O)[O-])cc1)c1csc(-c2cccs2)n1.[NH4+]. The largest absolute Gasteiger partial charge is 0.731 e. The number of amides is 6. The number of thiazole rings is 4. The average Bonchev–Trinajstić information content (AvgIpc) is 1.71. The fourth-order valence-electron chi connectivity index (χ4n) is 11.7. The zero-order valence-electron chi connectivity index (χ0n) is 64.6. The number of nitro groups is 3. The molecule has 0 fully saturated rings. The molecule has 8 heterocycles. The van der Waals surface area contributed by atoms with Crippen molar-refractivity contribution in [2.24, 2.45) is 5.73 Å². The molecule has 28 nitrogen and oxygen atoms in total. The number of halogens is 1.